The Morgan fingerprint density at radius 1 is 0.556 bits per heavy atom. The Kier molecular flexibility index (Phi) is 4.44. The summed E-state index contributed by atoms with van der Waals surface area (Å²) in [6.45, 7) is 0. The summed E-state index contributed by atoms with van der Waals surface area (Å²) < 4.78 is 0. The SMILES string of the molecule is C(#Cc1ccccc1)/C=C\C#Cc1ccccc1. The van der Waals surface area contributed by atoms with Gasteiger partial charge < -0.3 is 0 Å². The van der Waals surface area contributed by atoms with Crippen molar-refractivity contribution < 1.29 is 0 Å². The van der Waals surface area contributed by atoms with Gasteiger partial charge in [0.05, 0.1) is 0 Å². The van der Waals surface area contributed by atoms with Gasteiger partial charge in [0.2, 0.25) is 0 Å². The number of hydrogen-bond acceptors (Lipinski definition) is 0. The third kappa shape index (κ3) is 4.05. The van der Waals surface area contributed by atoms with Crippen LogP contribution >= 0.6 is 0 Å². The van der Waals surface area contributed by atoms with Crippen LogP contribution in [0.25, 0.3) is 0 Å². The first-order valence-corrected chi connectivity index (χ1v) is 5.73. The van der Waals surface area contributed by atoms with Crippen molar-refractivity contribution in [3.8, 4) is 23.7 Å². The molecule has 0 aliphatic carbocycles. The smallest absolute Gasteiger partial charge is 0.0248 e. The van der Waals surface area contributed by atoms with Gasteiger partial charge in [0.1, 0.15) is 0 Å². The van der Waals surface area contributed by atoms with E-state index in [9.17, 15) is 0 Å². The van der Waals surface area contributed by atoms with Gasteiger partial charge in [0, 0.05) is 11.1 Å². The summed E-state index contributed by atoms with van der Waals surface area (Å²) in [7, 11) is 0. The van der Waals surface area contributed by atoms with Crippen molar-refractivity contribution in [3.05, 3.63) is 83.9 Å². The zero-order valence-electron chi connectivity index (χ0n) is 9.93. The fourth-order valence-corrected chi connectivity index (χ4v) is 1.38. The number of hydrogen-bond donors (Lipinski definition) is 0. The minimum atomic E-state index is 1.01. The fraction of sp³-hybridized carbons (Fsp3) is 0. The van der Waals surface area contributed by atoms with E-state index in [0.29, 0.717) is 0 Å². The van der Waals surface area contributed by atoms with Crippen LogP contribution in [0.2, 0.25) is 0 Å². The van der Waals surface area contributed by atoms with E-state index in [2.05, 4.69) is 23.7 Å². The zero-order chi connectivity index (χ0) is 12.5. The fourth-order valence-electron chi connectivity index (χ4n) is 1.38. The van der Waals surface area contributed by atoms with Gasteiger partial charge in [-0.3, -0.25) is 0 Å². The van der Waals surface area contributed by atoms with Crippen molar-refractivity contribution in [3.63, 3.8) is 0 Å². The van der Waals surface area contributed by atoms with Crippen LogP contribution in [0.3, 0.4) is 0 Å². The molecule has 18 heavy (non-hydrogen) atoms. The van der Waals surface area contributed by atoms with E-state index in [1.165, 1.54) is 0 Å². The summed E-state index contributed by atoms with van der Waals surface area (Å²) in [5.41, 5.74) is 2.02. The molecule has 0 heteroatoms. The van der Waals surface area contributed by atoms with E-state index in [4.69, 9.17) is 0 Å². The lowest BCUT2D eigenvalue weighted by Gasteiger charge is -1.84. The molecule has 0 N–H and O–H groups in total. The highest BCUT2D eigenvalue weighted by atomic mass is 13.8. The van der Waals surface area contributed by atoms with Crippen LogP contribution in [0.1, 0.15) is 11.1 Å². The molecule has 2 aromatic rings. The van der Waals surface area contributed by atoms with Crippen molar-refractivity contribution in [1.82, 2.24) is 0 Å². The summed E-state index contributed by atoms with van der Waals surface area (Å²) in [5, 5.41) is 0. The zero-order valence-corrected chi connectivity index (χ0v) is 9.93. The summed E-state index contributed by atoms with van der Waals surface area (Å²) in [4.78, 5) is 0. The van der Waals surface area contributed by atoms with Gasteiger partial charge in [-0.2, -0.15) is 0 Å². The predicted octanol–water partition coefficient (Wildman–Crippen LogP) is 3.65. The highest BCUT2D eigenvalue weighted by molar-refractivity contribution is 5.40. The molecule has 0 atom stereocenters. The second-order valence-corrected chi connectivity index (χ2v) is 3.60. The Morgan fingerprint density at radius 2 is 0.944 bits per heavy atom. The molecular formula is C18H12. The molecule has 0 saturated carbocycles. The van der Waals surface area contributed by atoms with E-state index in [1.807, 2.05) is 60.7 Å². The van der Waals surface area contributed by atoms with Gasteiger partial charge in [-0.05, 0) is 36.4 Å². The van der Waals surface area contributed by atoms with Crippen molar-refractivity contribution in [2.24, 2.45) is 0 Å². The normalized spacial score (nSPS) is 9.11. The molecule has 0 radical (unpaired) electrons. The van der Waals surface area contributed by atoms with Crippen LogP contribution in [0, 0.1) is 23.7 Å². The molecule has 2 aromatic carbocycles. The van der Waals surface area contributed by atoms with E-state index < -0.39 is 0 Å². The Labute approximate surface area is 108 Å². The minimum absolute atomic E-state index is 1.01. The number of benzene rings is 2. The third-order valence-corrected chi connectivity index (χ3v) is 2.23. The first-order chi connectivity index (χ1) is 8.95. The molecule has 0 aliphatic rings. The lowest BCUT2D eigenvalue weighted by atomic mass is 10.2. The third-order valence-electron chi connectivity index (χ3n) is 2.23. The molecule has 0 aromatic heterocycles. The summed E-state index contributed by atoms with van der Waals surface area (Å²) in [5.74, 6) is 12.0. The molecule has 0 bridgehead atoms. The van der Waals surface area contributed by atoms with Crippen molar-refractivity contribution in [1.29, 1.82) is 0 Å². The van der Waals surface area contributed by atoms with Crippen molar-refractivity contribution in [2.45, 2.75) is 0 Å². The average Bonchev–Trinajstić information content (AvgIpc) is 2.45. The van der Waals surface area contributed by atoms with Gasteiger partial charge in [0.25, 0.3) is 0 Å². The molecule has 0 nitrogen and oxygen atoms in total. The summed E-state index contributed by atoms with van der Waals surface area (Å²) in [6, 6.07) is 19.8. The molecular weight excluding hydrogens is 216 g/mol. The largest absolute Gasteiger partial charge is 0.0689 e. The average molecular weight is 228 g/mol. The predicted molar refractivity (Wildman–Crippen MR) is 75.8 cm³/mol. The van der Waals surface area contributed by atoms with Crippen LogP contribution < -0.4 is 0 Å². The Balaban J connectivity index is 1.94. The minimum Gasteiger partial charge on any atom is -0.0689 e. The number of allylic oxidation sites excluding steroid dienone is 2. The van der Waals surface area contributed by atoms with Crippen LogP contribution in [0.4, 0.5) is 0 Å². The Morgan fingerprint density at radius 3 is 1.33 bits per heavy atom. The van der Waals surface area contributed by atoms with E-state index in [1.54, 1.807) is 12.2 Å². The van der Waals surface area contributed by atoms with Gasteiger partial charge >= 0.3 is 0 Å². The molecule has 84 valence electrons. The molecule has 0 amide bonds. The highest BCUT2D eigenvalue weighted by Crippen LogP contribution is 1.95. The highest BCUT2D eigenvalue weighted by Gasteiger charge is 1.79. The summed E-state index contributed by atoms with van der Waals surface area (Å²) >= 11 is 0. The van der Waals surface area contributed by atoms with E-state index in [-0.39, 0.29) is 0 Å². The van der Waals surface area contributed by atoms with Crippen LogP contribution in [0.15, 0.2) is 72.8 Å². The maximum absolute atomic E-state index is 3.04. The first kappa shape index (κ1) is 11.8. The molecule has 0 heterocycles. The van der Waals surface area contributed by atoms with Gasteiger partial charge in [0.15, 0.2) is 0 Å². The topological polar surface area (TPSA) is 0 Å². The molecule has 0 aliphatic heterocycles. The molecule has 0 fully saturated rings. The monoisotopic (exact) mass is 228 g/mol. The van der Waals surface area contributed by atoms with Gasteiger partial charge in [-0.15, -0.1) is 0 Å². The molecule has 0 unspecified atom stereocenters. The molecule has 0 saturated heterocycles. The van der Waals surface area contributed by atoms with E-state index in [0.717, 1.165) is 11.1 Å². The van der Waals surface area contributed by atoms with Gasteiger partial charge in [-0.1, -0.05) is 60.1 Å². The lowest BCUT2D eigenvalue weighted by Crippen LogP contribution is -1.69. The van der Waals surface area contributed by atoms with Crippen LogP contribution in [-0.4, -0.2) is 0 Å². The van der Waals surface area contributed by atoms with Crippen molar-refractivity contribution in [2.75, 3.05) is 0 Å². The maximum atomic E-state index is 3.04. The molecule has 0 spiro atoms. The Bertz CT molecular complexity index is 567. The van der Waals surface area contributed by atoms with Crippen LogP contribution in [-0.2, 0) is 0 Å². The summed E-state index contributed by atoms with van der Waals surface area (Å²) in [6.07, 6.45) is 3.53. The lowest BCUT2D eigenvalue weighted by molar-refractivity contribution is 1.65. The first-order valence-electron chi connectivity index (χ1n) is 5.73. The van der Waals surface area contributed by atoms with Gasteiger partial charge in [-0.25, -0.2) is 0 Å². The Hall–Kier alpha value is -2.70. The number of rotatable bonds is 0. The maximum Gasteiger partial charge on any atom is 0.0248 e. The second kappa shape index (κ2) is 6.79. The van der Waals surface area contributed by atoms with Crippen molar-refractivity contribution >= 4 is 0 Å². The second-order valence-electron chi connectivity index (χ2n) is 3.60. The quantitative estimate of drug-likeness (QED) is 0.604. The van der Waals surface area contributed by atoms with Crippen LogP contribution in [0.5, 0.6) is 0 Å². The molecule has 2 rings (SSSR count). The van der Waals surface area contributed by atoms with E-state index >= 15 is 0 Å². The standard InChI is InChI=1S/C18H12/c1(5-11-17-13-7-3-8-14-17)2-6-12-18-15-9-4-10-16-18/h1-4,7-10,13-16H/b2-1-.